The Morgan fingerprint density at radius 3 is 2.39 bits per heavy atom. The predicted molar refractivity (Wildman–Crippen MR) is 121 cm³/mol. The summed E-state index contributed by atoms with van der Waals surface area (Å²) in [6, 6.07) is 16.4. The van der Waals surface area contributed by atoms with Crippen LogP contribution in [0.5, 0.6) is 0 Å². The van der Waals surface area contributed by atoms with Gasteiger partial charge >= 0.3 is 6.03 Å². The predicted octanol–water partition coefficient (Wildman–Crippen LogP) is 3.42. The summed E-state index contributed by atoms with van der Waals surface area (Å²) in [6.45, 7) is 6.41. The normalized spacial score (nSPS) is 11.9. The molecule has 3 aromatic rings. The summed E-state index contributed by atoms with van der Waals surface area (Å²) in [4.78, 5) is 36.2. The van der Waals surface area contributed by atoms with Gasteiger partial charge in [0.2, 0.25) is 5.91 Å². The van der Waals surface area contributed by atoms with Crippen LogP contribution in [0.2, 0.25) is 0 Å². The Labute approximate surface area is 182 Å². The van der Waals surface area contributed by atoms with Crippen LogP contribution in [0.15, 0.2) is 54.6 Å². The molecule has 1 atom stereocenters. The SMILES string of the molecule is Cc1nc(CN(C)C(=O)C(NC(=O)NCc2ccccc2)C(C)C)nc2ccccc12. The minimum atomic E-state index is -0.651. The number of aromatic nitrogens is 2. The minimum Gasteiger partial charge on any atom is -0.336 e. The van der Waals surface area contributed by atoms with Gasteiger partial charge in [0.05, 0.1) is 12.1 Å². The molecule has 0 radical (unpaired) electrons. The fraction of sp³-hybridized carbons (Fsp3) is 0.333. The van der Waals surface area contributed by atoms with Crippen LogP contribution in [-0.2, 0) is 17.9 Å². The van der Waals surface area contributed by atoms with Gasteiger partial charge in [-0.25, -0.2) is 14.8 Å². The fourth-order valence-corrected chi connectivity index (χ4v) is 3.38. The van der Waals surface area contributed by atoms with Gasteiger partial charge in [-0.3, -0.25) is 4.79 Å². The Morgan fingerprint density at radius 2 is 1.68 bits per heavy atom. The molecule has 0 aliphatic carbocycles. The fourth-order valence-electron chi connectivity index (χ4n) is 3.38. The summed E-state index contributed by atoms with van der Waals surface area (Å²) in [5.74, 6) is 0.319. The van der Waals surface area contributed by atoms with Gasteiger partial charge in [0.1, 0.15) is 11.9 Å². The monoisotopic (exact) mass is 419 g/mol. The van der Waals surface area contributed by atoms with Crippen molar-refractivity contribution in [3.8, 4) is 0 Å². The zero-order valence-electron chi connectivity index (χ0n) is 18.4. The number of aryl methyl sites for hydroxylation is 1. The van der Waals surface area contributed by atoms with Crippen molar-refractivity contribution < 1.29 is 9.59 Å². The van der Waals surface area contributed by atoms with E-state index < -0.39 is 6.04 Å². The number of likely N-dealkylation sites (N-methyl/N-ethyl adjacent to an activating group) is 1. The first-order valence-electron chi connectivity index (χ1n) is 10.4. The maximum absolute atomic E-state index is 13.1. The van der Waals surface area contributed by atoms with E-state index in [1.165, 1.54) is 0 Å². The lowest BCUT2D eigenvalue weighted by molar-refractivity contribution is -0.133. The summed E-state index contributed by atoms with van der Waals surface area (Å²) >= 11 is 0. The van der Waals surface area contributed by atoms with E-state index in [0.29, 0.717) is 12.4 Å². The second-order valence-corrected chi connectivity index (χ2v) is 7.97. The first-order valence-corrected chi connectivity index (χ1v) is 10.4. The van der Waals surface area contributed by atoms with Gasteiger partial charge in [-0.05, 0) is 24.5 Å². The number of fused-ring (bicyclic) bond motifs is 1. The Morgan fingerprint density at radius 1 is 1.00 bits per heavy atom. The van der Waals surface area contributed by atoms with Crippen LogP contribution in [0.4, 0.5) is 4.79 Å². The summed E-state index contributed by atoms with van der Waals surface area (Å²) in [6.07, 6.45) is 0. The first-order chi connectivity index (χ1) is 14.8. The molecule has 3 rings (SSSR count). The Bertz CT molecular complexity index is 1050. The summed E-state index contributed by atoms with van der Waals surface area (Å²) in [5, 5.41) is 6.62. The Balaban J connectivity index is 1.64. The standard InChI is InChI=1S/C24H29N5O2/c1-16(2)22(28-24(31)25-14-18-10-6-5-7-11-18)23(30)29(4)15-21-26-17(3)19-12-8-9-13-20(19)27-21/h5-13,16,22H,14-15H2,1-4H3,(H2,25,28,31). The zero-order valence-corrected chi connectivity index (χ0v) is 18.4. The third-order valence-corrected chi connectivity index (χ3v) is 5.11. The zero-order chi connectivity index (χ0) is 22.4. The van der Waals surface area contributed by atoms with Gasteiger partial charge in [0.15, 0.2) is 0 Å². The van der Waals surface area contributed by atoms with Crippen molar-refractivity contribution in [2.45, 2.75) is 39.9 Å². The molecule has 0 spiro atoms. The summed E-state index contributed by atoms with van der Waals surface area (Å²) in [5.41, 5.74) is 2.72. The molecule has 3 amide bonds. The lowest BCUT2D eigenvalue weighted by Crippen LogP contribution is -2.52. The van der Waals surface area contributed by atoms with E-state index in [1.54, 1.807) is 11.9 Å². The molecule has 0 aliphatic rings. The molecule has 0 saturated carbocycles. The second kappa shape index (κ2) is 10.0. The van der Waals surface area contributed by atoms with E-state index >= 15 is 0 Å². The molecule has 1 unspecified atom stereocenters. The number of benzene rings is 2. The second-order valence-electron chi connectivity index (χ2n) is 7.97. The topological polar surface area (TPSA) is 87.2 Å². The smallest absolute Gasteiger partial charge is 0.315 e. The van der Waals surface area contributed by atoms with Crippen LogP contribution in [0, 0.1) is 12.8 Å². The highest BCUT2D eigenvalue weighted by Crippen LogP contribution is 2.16. The molecule has 162 valence electrons. The van der Waals surface area contributed by atoms with Crippen molar-refractivity contribution in [3.05, 3.63) is 71.7 Å². The molecular formula is C24H29N5O2. The largest absolute Gasteiger partial charge is 0.336 e. The molecule has 1 heterocycles. The average molecular weight is 420 g/mol. The lowest BCUT2D eigenvalue weighted by atomic mass is 10.0. The number of para-hydroxylation sites is 1. The molecule has 0 fully saturated rings. The summed E-state index contributed by atoms with van der Waals surface area (Å²) < 4.78 is 0. The molecule has 7 heteroatoms. The van der Waals surface area contributed by atoms with E-state index in [9.17, 15) is 9.59 Å². The third kappa shape index (κ3) is 5.78. The third-order valence-electron chi connectivity index (χ3n) is 5.11. The van der Waals surface area contributed by atoms with E-state index in [0.717, 1.165) is 22.2 Å². The highest BCUT2D eigenvalue weighted by Gasteiger charge is 2.27. The molecule has 31 heavy (non-hydrogen) atoms. The van der Waals surface area contributed by atoms with Crippen molar-refractivity contribution in [2.75, 3.05) is 7.05 Å². The van der Waals surface area contributed by atoms with Crippen LogP contribution in [-0.4, -0.2) is 39.9 Å². The van der Waals surface area contributed by atoms with E-state index in [1.807, 2.05) is 75.4 Å². The van der Waals surface area contributed by atoms with Crippen LogP contribution in [0.3, 0.4) is 0 Å². The number of carbonyl (C=O) groups excluding carboxylic acids is 2. The number of urea groups is 1. The van der Waals surface area contributed by atoms with Gasteiger partial charge in [0, 0.05) is 24.7 Å². The molecular weight excluding hydrogens is 390 g/mol. The van der Waals surface area contributed by atoms with Gasteiger partial charge < -0.3 is 15.5 Å². The van der Waals surface area contributed by atoms with Gasteiger partial charge in [-0.15, -0.1) is 0 Å². The van der Waals surface area contributed by atoms with Crippen molar-refractivity contribution in [3.63, 3.8) is 0 Å². The molecule has 0 saturated heterocycles. The number of amides is 3. The molecule has 2 aromatic carbocycles. The van der Waals surface area contributed by atoms with E-state index in [2.05, 4.69) is 20.6 Å². The molecule has 1 aromatic heterocycles. The highest BCUT2D eigenvalue weighted by atomic mass is 16.2. The molecule has 0 bridgehead atoms. The van der Waals surface area contributed by atoms with Crippen molar-refractivity contribution in [2.24, 2.45) is 5.92 Å². The van der Waals surface area contributed by atoms with Gasteiger partial charge in [0.25, 0.3) is 0 Å². The number of rotatable bonds is 7. The maximum atomic E-state index is 13.1. The maximum Gasteiger partial charge on any atom is 0.315 e. The lowest BCUT2D eigenvalue weighted by Gasteiger charge is -2.27. The van der Waals surface area contributed by atoms with Crippen molar-refractivity contribution in [1.29, 1.82) is 0 Å². The van der Waals surface area contributed by atoms with Crippen LogP contribution in [0.1, 0.15) is 30.9 Å². The highest BCUT2D eigenvalue weighted by molar-refractivity contribution is 5.87. The number of carbonyl (C=O) groups is 2. The number of hydrogen-bond donors (Lipinski definition) is 2. The Hall–Kier alpha value is -3.48. The van der Waals surface area contributed by atoms with Gasteiger partial charge in [-0.2, -0.15) is 0 Å². The number of nitrogens with zero attached hydrogens (tertiary/aromatic N) is 3. The van der Waals surface area contributed by atoms with Gasteiger partial charge in [-0.1, -0.05) is 62.4 Å². The minimum absolute atomic E-state index is 0.0725. The molecule has 0 aliphatic heterocycles. The van der Waals surface area contributed by atoms with Crippen LogP contribution in [0.25, 0.3) is 10.9 Å². The number of hydrogen-bond acceptors (Lipinski definition) is 4. The Kier molecular flexibility index (Phi) is 7.18. The van der Waals surface area contributed by atoms with E-state index in [4.69, 9.17) is 0 Å². The van der Waals surface area contributed by atoms with E-state index in [-0.39, 0.29) is 24.4 Å². The average Bonchev–Trinajstić information content (AvgIpc) is 2.76. The van der Waals surface area contributed by atoms with Crippen molar-refractivity contribution >= 4 is 22.8 Å². The quantitative estimate of drug-likeness (QED) is 0.614. The summed E-state index contributed by atoms with van der Waals surface area (Å²) in [7, 11) is 1.70. The van der Waals surface area contributed by atoms with Crippen LogP contribution < -0.4 is 10.6 Å². The first kappa shape index (κ1) is 22.2. The van der Waals surface area contributed by atoms with Crippen molar-refractivity contribution in [1.82, 2.24) is 25.5 Å². The van der Waals surface area contributed by atoms with Crippen LogP contribution >= 0.6 is 0 Å². The molecule has 7 nitrogen and oxygen atoms in total. The number of nitrogens with one attached hydrogen (secondary N) is 2. The molecule has 2 N–H and O–H groups in total.